The summed E-state index contributed by atoms with van der Waals surface area (Å²) in [7, 11) is 1.61. The van der Waals surface area contributed by atoms with Gasteiger partial charge in [-0.3, -0.25) is 0 Å². The lowest BCUT2D eigenvalue weighted by Crippen LogP contribution is -1.70. The molecule has 0 radical (unpaired) electrons. The van der Waals surface area contributed by atoms with Crippen LogP contribution >= 0.6 is 11.6 Å². The van der Waals surface area contributed by atoms with Crippen LogP contribution in [0.5, 0.6) is 0 Å². The fourth-order valence-electron chi connectivity index (χ4n) is 0.570. The summed E-state index contributed by atoms with van der Waals surface area (Å²) in [6.45, 7) is 0. The second kappa shape index (κ2) is 3.27. The van der Waals surface area contributed by atoms with E-state index < -0.39 is 0 Å². The number of aromatic nitrogens is 1. The van der Waals surface area contributed by atoms with Gasteiger partial charge < -0.3 is 0 Å². The first-order valence-corrected chi connectivity index (χ1v) is 3.12. The van der Waals surface area contributed by atoms with E-state index in [4.69, 9.17) is 11.6 Å². The van der Waals surface area contributed by atoms with Gasteiger partial charge in [-0.2, -0.15) is 10.2 Å². The molecule has 10 heavy (non-hydrogen) atoms. The predicted molar refractivity (Wildman–Crippen MR) is 39.7 cm³/mol. The van der Waals surface area contributed by atoms with E-state index in [9.17, 15) is 0 Å². The number of pyridine rings is 1. The van der Waals surface area contributed by atoms with Crippen LogP contribution in [0.25, 0.3) is 0 Å². The molecule has 1 aromatic rings. The highest BCUT2D eigenvalue weighted by molar-refractivity contribution is 6.29. The van der Waals surface area contributed by atoms with Crippen molar-refractivity contribution in [1.29, 1.82) is 0 Å². The summed E-state index contributed by atoms with van der Waals surface area (Å²) in [6, 6.07) is 3.38. The Bertz CT molecular complexity index is 247. The Kier molecular flexibility index (Phi) is 2.34. The number of hydrogen-bond donors (Lipinski definition) is 0. The molecule has 0 aliphatic heterocycles. The normalized spacial score (nSPS) is 10.6. The van der Waals surface area contributed by atoms with Crippen molar-refractivity contribution in [3.8, 4) is 0 Å². The zero-order valence-electron chi connectivity index (χ0n) is 5.45. The van der Waals surface area contributed by atoms with Gasteiger partial charge in [0.15, 0.2) is 0 Å². The van der Waals surface area contributed by atoms with E-state index in [1.807, 2.05) is 0 Å². The molecule has 0 saturated carbocycles. The number of nitrogens with zero attached hydrogens (tertiary/aromatic N) is 3. The summed E-state index contributed by atoms with van der Waals surface area (Å²) in [5.74, 6) is 0. The largest absolute Gasteiger partial charge is 0.244 e. The Hall–Kier alpha value is -0.960. The predicted octanol–water partition coefficient (Wildman–Crippen LogP) is 2.45. The van der Waals surface area contributed by atoms with E-state index in [0.29, 0.717) is 5.15 Å². The molecular formula is C6H6ClN3. The van der Waals surface area contributed by atoms with Crippen LogP contribution in [0, 0.1) is 0 Å². The standard InChI is InChI=1S/C6H6ClN3/c1-8-10-5-2-3-9-6(7)4-5/h2-4H,1H3. The summed E-state index contributed by atoms with van der Waals surface area (Å²) in [5.41, 5.74) is 0.725. The van der Waals surface area contributed by atoms with Crippen molar-refractivity contribution in [2.24, 2.45) is 10.2 Å². The van der Waals surface area contributed by atoms with Gasteiger partial charge in [-0.1, -0.05) is 11.6 Å². The third-order valence-corrected chi connectivity index (χ3v) is 1.13. The van der Waals surface area contributed by atoms with Gasteiger partial charge in [0.1, 0.15) is 5.15 Å². The Labute approximate surface area is 63.8 Å². The molecule has 0 N–H and O–H groups in total. The number of hydrogen-bond acceptors (Lipinski definition) is 3. The molecule has 52 valence electrons. The molecule has 0 bridgehead atoms. The minimum Gasteiger partial charge on any atom is -0.244 e. The number of rotatable bonds is 1. The lowest BCUT2D eigenvalue weighted by molar-refractivity contribution is 1.16. The van der Waals surface area contributed by atoms with E-state index in [2.05, 4.69) is 15.2 Å². The van der Waals surface area contributed by atoms with Crippen molar-refractivity contribution in [1.82, 2.24) is 4.98 Å². The lowest BCUT2D eigenvalue weighted by atomic mass is 10.4. The van der Waals surface area contributed by atoms with Crippen LogP contribution in [0.4, 0.5) is 5.69 Å². The van der Waals surface area contributed by atoms with Crippen molar-refractivity contribution < 1.29 is 0 Å². The van der Waals surface area contributed by atoms with Crippen molar-refractivity contribution in [2.45, 2.75) is 0 Å². The fraction of sp³-hybridized carbons (Fsp3) is 0.167. The van der Waals surface area contributed by atoms with Gasteiger partial charge in [-0.05, 0) is 6.07 Å². The van der Waals surface area contributed by atoms with E-state index in [1.54, 1.807) is 25.4 Å². The molecule has 0 spiro atoms. The zero-order chi connectivity index (χ0) is 7.40. The zero-order valence-corrected chi connectivity index (χ0v) is 6.21. The SMILES string of the molecule is CN=Nc1ccnc(Cl)c1. The molecule has 0 aromatic carbocycles. The van der Waals surface area contributed by atoms with Crippen LogP contribution in [0.15, 0.2) is 28.6 Å². The van der Waals surface area contributed by atoms with Gasteiger partial charge in [0.25, 0.3) is 0 Å². The van der Waals surface area contributed by atoms with Gasteiger partial charge >= 0.3 is 0 Å². The Morgan fingerprint density at radius 1 is 1.60 bits per heavy atom. The maximum atomic E-state index is 5.57. The maximum absolute atomic E-state index is 5.57. The minimum atomic E-state index is 0.435. The van der Waals surface area contributed by atoms with E-state index in [0.717, 1.165) is 5.69 Å². The average Bonchev–Trinajstić information content (AvgIpc) is 1.88. The molecular weight excluding hydrogens is 150 g/mol. The summed E-state index contributed by atoms with van der Waals surface area (Å²) in [4.78, 5) is 3.79. The molecule has 4 heteroatoms. The molecule has 0 unspecified atom stereocenters. The molecule has 0 amide bonds. The van der Waals surface area contributed by atoms with E-state index in [-0.39, 0.29) is 0 Å². The third-order valence-electron chi connectivity index (χ3n) is 0.926. The lowest BCUT2D eigenvalue weighted by Gasteiger charge is -1.89. The highest BCUT2D eigenvalue weighted by Crippen LogP contribution is 2.14. The van der Waals surface area contributed by atoms with Gasteiger partial charge in [0.2, 0.25) is 0 Å². The first-order valence-electron chi connectivity index (χ1n) is 2.74. The van der Waals surface area contributed by atoms with Gasteiger partial charge in [-0.15, -0.1) is 0 Å². The summed E-state index contributed by atoms with van der Waals surface area (Å²) in [6.07, 6.45) is 1.59. The highest BCUT2D eigenvalue weighted by Gasteiger charge is 1.89. The van der Waals surface area contributed by atoms with Gasteiger partial charge in [-0.25, -0.2) is 4.98 Å². The molecule has 0 saturated heterocycles. The van der Waals surface area contributed by atoms with Gasteiger partial charge in [0.05, 0.1) is 5.69 Å². The minimum absolute atomic E-state index is 0.435. The van der Waals surface area contributed by atoms with Crippen LogP contribution in [-0.4, -0.2) is 12.0 Å². The molecule has 1 aromatic heterocycles. The molecule has 0 fully saturated rings. The highest BCUT2D eigenvalue weighted by atomic mass is 35.5. The van der Waals surface area contributed by atoms with Crippen LogP contribution in [0.1, 0.15) is 0 Å². The van der Waals surface area contributed by atoms with E-state index in [1.165, 1.54) is 0 Å². The second-order valence-electron chi connectivity index (χ2n) is 1.64. The molecule has 0 atom stereocenters. The summed E-state index contributed by atoms with van der Waals surface area (Å²) in [5, 5.41) is 7.79. The topological polar surface area (TPSA) is 37.6 Å². The smallest absolute Gasteiger partial charge is 0.131 e. The summed E-state index contributed by atoms with van der Waals surface area (Å²) >= 11 is 5.57. The fourth-order valence-corrected chi connectivity index (χ4v) is 0.738. The molecule has 1 rings (SSSR count). The summed E-state index contributed by atoms with van der Waals surface area (Å²) < 4.78 is 0. The average molecular weight is 156 g/mol. The number of azo groups is 1. The molecule has 0 aliphatic carbocycles. The molecule has 1 heterocycles. The Balaban J connectivity index is 2.95. The van der Waals surface area contributed by atoms with Crippen LogP contribution in [-0.2, 0) is 0 Å². The molecule has 0 aliphatic rings. The Morgan fingerprint density at radius 3 is 3.00 bits per heavy atom. The second-order valence-corrected chi connectivity index (χ2v) is 2.02. The maximum Gasteiger partial charge on any atom is 0.131 e. The van der Waals surface area contributed by atoms with Crippen molar-refractivity contribution in [3.05, 3.63) is 23.5 Å². The monoisotopic (exact) mass is 155 g/mol. The van der Waals surface area contributed by atoms with E-state index >= 15 is 0 Å². The quantitative estimate of drug-likeness (QED) is 0.454. The third kappa shape index (κ3) is 1.77. The van der Waals surface area contributed by atoms with Crippen molar-refractivity contribution >= 4 is 17.3 Å². The van der Waals surface area contributed by atoms with Crippen molar-refractivity contribution in [3.63, 3.8) is 0 Å². The molecule has 3 nitrogen and oxygen atoms in total. The van der Waals surface area contributed by atoms with Crippen LogP contribution in [0.2, 0.25) is 5.15 Å². The van der Waals surface area contributed by atoms with Crippen molar-refractivity contribution in [2.75, 3.05) is 7.05 Å². The number of halogens is 1. The first kappa shape index (κ1) is 7.15. The first-order chi connectivity index (χ1) is 4.83. The van der Waals surface area contributed by atoms with Gasteiger partial charge in [0, 0.05) is 19.3 Å². The Morgan fingerprint density at radius 2 is 2.40 bits per heavy atom. The van der Waals surface area contributed by atoms with Crippen LogP contribution < -0.4 is 0 Å². The van der Waals surface area contributed by atoms with Crippen LogP contribution in [0.3, 0.4) is 0 Å².